The predicted molar refractivity (Wildman–Crippen MR) is 95.0 cm³/mol. The number of carbonyl (C=O) groups excluding carboxylic acids is 1. The third-order valence-corrected chi connectivity index (χ3v) is 6.48. The van der Waals surface area contributed by atoms with Crippen LogP contribution in [0, 0.1) is 0 Å². The molecule has 0 spiro atoms. The smallest absolute Gasteiger partial charge is 0.241 e. The molecule has 1 heterocycles. The SMILES string of the molecule is CCc1cc2c3c([nH]c2cc1S(=O)(=O)N[C@H](C)CC)CCCC3=O. The quantitative estimate of drug-likeness (QED) is 0.870. The van der Waals surface area contributed by atoms with Crippen LogP contribution in [0.25, 0.3) is 10.9 Å². The number of sulfonamides is 1. The van der Waals surface area contributed by atoms with Gasteiger partial charge >= 0.3 is 0 Å². The molecule has 2 N–H and O–H groups in total. The van der Waals surface area contributed by atoms with E-state index in [0.717, 1.165) is 47.0 Å². The second-order valence-electron chi connectivity index (χ2n) is 6.54. The molecule has 0 aliphatic heterocycles. The molecule has 3 rings (SSSR count). The van der Waals surface area contributed by atoms with Crippen LogP contribution in [0.1, 0.15) is 61.6 Å². The first-order valence-electron chi connectivity index (χ1n) is 8.60. The van der Waals surface area contributed by atoms with Crippen LogP contribution >= 0.6 is 0 Å². The molecule has 0 amide bonds. The van der Waals surface area contributed by atoms with E-state index in [1.165, 1.54) is 0 Å². The molecule has 0 unspecified atom stereocenters. The Morgan fingerprint density at radius 3 is 2.67 bits per heavy atom. The average Bonchev–Trinajstić information content (AvgIpc) is 2.91. The van der Waals surface area contributed by atoms with Crippen molar-refractivity contribution in [2.75, 3.05) is 0 Å². The number of aromatic amines is 1. The van der Waals surface area contributed by atoms with Crippen molar-refractivity contribution in [1.29, 1.82) is 0 Å². The van der Waals surface area contributed by atoms with Crippen LogP contribution in [-0.2, 0) is 22.9 Å². The number of aromatic nitrogens is 1. The van der Waals surface area contributed by atoms with E-state index >= 15 is 0 Å². The lowest BCUT2D eigenvalue weighted by Crippen LogP contribution is -2.32. The summed E-state index contributed by atoms with van der Waals surface area (Å²) in [6.45, 7) is 5.74. The number of rotatable bonds is 5. The van der Waals surface area contributed by atoms with E-state index in [2.05, 4.69) is 9.71 Å². The molecule has 0 fully saturated rings. The monoisotopic (exact) mass is 348 g/mol. The summed E-state index contributed by atoms with van der Waals surface area (Å²) in [5, 5.41) is 0.856. The number of fused-ring (bicyclic) bond motifs is 3. The second-order valence-corrected chi connectivity index (χ2v) is 8.23. The summed E-state index contributed by atoms with van der Waals surface area (Å²) >= 11 is 0. The molecule has 130 valence electrons. The van der Waals surface area contributed by atoms with Crippen molar-refractivity contribution in [3.8, 4) is 0 Å². The van der Waals surface area contributed by atoms with Gasteiger partial charge in [0.2, 0.25) is 10.0 Å². The molecule has 0 saturated heterocycles. The molecule has 1 aliphatic rings. The largest absolute Gasteiger partial charge is 0.358 e. The Balaban J connectivity index is 2.18. The highest BCUT2D eigenvalue weighted by Crippen LogP contribution is 2.32. The summed E-state index contributed by atoms with van der Waals surface area (Å²) in [6, 6.07) is 3.44. The van der Waals surface area contributed by atoms with Gasteiger partial charge in [-0.05, 0) is 50.3 Å². The molecule has 1 aliphatic carbocycles. The number of hydrogen-bond acceptors (Lipinski definition) is 3. The van der Waals surface area contributed by atoms with Gasteiger partial charge in [-0.3, -0.25) is 4.79 Å². The number of carbonyl (C=O) groups is 1. The van der Waals surface area contributed by atoms with Gasteiger partial charge in [0.1, 0.15) is 0 Å². The summed E-state index contributed by atoms with van der Waals surface area (Å²) in [5.41, 5.74) is 3.17. The molecule has 2 aromatic rings. The van der Waals surface area contributed by atoms with Crippen molar-refractivity contribution >= 4 is 26.7 Å². The Hall–Kier alpha value is -1.66. The van der Waals surface area contributed by atoms with Gasteiger partial charge in [-0.25, -0.2) is 13.1 Å². The van der Waals surface area contributed by atoms with Crippen molar-refractivity contribution in [2.24, 2.45) is 0 Å². The number of benzene rings is 1. The van der Waals surface area contributed by atoms with Crippen LogP contribution in [0.4, 0.5) is 0 Å². The number of Topliss-reactive ketones (excluding diaryl/α,β-unsaturated/α-hetero) is 1. The number of aryl methyl sites for hydroxylation is 2. The van der Waals surface area contributed by atoms with E-state index in [-0.39, 0.29) is 11.8 Å². The van der Waals surface area contributed by atoms with E-state index in [4.69, 9.17) is 0 Å². The molecular formula is C18H24N2O3S. The number of hydrogen-bond donors (Lipinski definition) is 2. The average molecular weight is 348 g/mol. The van der Waals surface area contributed by atoms with Crippen molar-refractivity contribution in [3.63, 3.8) is 0 Å². The Morgan fingerprint density at radius 1 is 1.25 bits per heavy atom. The van der Waals surface area contributed by atoms with Gasteiger partial charge in [0.15, 0.2) is 5.78 Å². The predicted octanol–water partition coefficient (Wildman–Crippen LogP) is 3.33. The first-order chi connectivity index (χ1) is 11.4. The molecule has 1 aromatic carbocycles. The summed E-state index contributed by atoms with van der Waals surface area (Å²) in [4.78, 5) is 15.8. The zero-order valence-electron chi connectivity index (χ0n) is 14.4. The summed E-state index contributed by atoms with van der Waals surface area (Å²) in [6.07, 6.45) is 3.58. The van der Waals surface area contributed by atoms with Gasteiger partial charge < -0.3 is 4.98 Å². The third kappa shape index (κ3) is 2.89. The number of H-pyrrole nitrogens is 1. The lowest BCUT2D eigenvalue weighted by molar-refractivity contribution is 0.0974. The molecule has 0 bridgehead atoms. The summed E-state index contributed by atoms with van der Waals surface area (Å²) in [7, 11) is -3.58. The van der Waals surface area contributed by atoms with Crippen LogP contribution in [-0.4, -0.2) is 25.2 Å². The first-order valence-corrected chi connectivity index (χ1v) is 10.1. The summed E-state index contributed by atoms with van der Waals surface area (Å²) < 4.78 is 28.2. The van der Waals surface area contributed by atoms with Gasteiger partial charge in [0.05, 0.1) is 4.90 Å². The fourth-order valence-corrected chi connectivity index (χ4v) is 4.96. The zero-order chi connectivity index (χ0) is 17.5. The van der Waals surface area contributed by atoms with Crippen LogP contribution in [0.3, 0.4) is 0 Å². The van der Waals surface area contributed by atoms with Crippen molar-refractivity contribution in [2.45, 2.75) is 63.8 Å². The van der Waals surface area contributed by atoms with E-state index in [0.29, 0.717) is 17.7 Å². The van der Waals surface area contributed by atoms with E-state index < -0.39 is 10.0 Å². The van der Waals surface area contributed by atoms with E-state index in [1.807, 2.05) is 26.8 Å². The molecule has 1 aromatic heterocycles. The maximum atomic E-state index is 12.7. The molecular weight excluding hydrogens is 324 g/mol. The highest BCUT2D eigenvalue weighted by molar-refractivity contribution is 7.89. The Labute approximate surface area is 142 Å². The topological polar surface area (TPSA) is 79.0 Å². The fraction of sp³-hybridized carbons (Fsp3) is 0.500. The van der Waals surface area contributed by atoms with Crippen molar-refractivity contribution < 1.29 is 13.2 Å². The van der Waals surface area contributed by atoms with E-state index in [1.54, 1.807) is 6.07 Å². The Kier molecular flexibility index (Phi) is 4.53. The minimum atomic E-state index is -3.58. The maximum Gasteiger partial charge on any atom is 0.241 e. The standard InChI is InChI=1S/C18H24N2O3S/c1-4-11(3)20-24(22,23)17-10-15-13(9-12(17)5-2)18-14(19-15)7-6-8-16(18)21/h9-11,19-20H,4-8H2,1-3H3/t11-/m1/s1. The lowest BCUT2D eigenvalue weighted by Gasteiger charge is -2.15. The van der Waals surface area contributed by atoms with Crippen LogP contribution < -0.4 is 4.72 Å². The van der Waals surface area contributed by atoms with Crippen LogP contribution in [0.5, 0.6) is 0 Å². The van der Waals surface area contributed by atoms with E-state index in [9.17, 15) is 13.2 Å². The second kappa shape index (κ2) is 6.33. The number of ketones is 1. The van der Waals surface area contributed by atoms with Crippen LogP contribution in [0.15, 0.2) is 17.0 Å². The van der Waals surface area contributed by atoms with Crippen molar-refractivity contribution in [1.82, 2.24) is 9.71 Å². The summed E-state index contributed by atoms with van der Waals surface area (Å²) in [5.74, 6) is 0.151. The Bertz CT molecular complexity index is 897. The molecule has 6 heteroatoms. The van der Waals surface area contributed by atoms with Gasteiger partial charge in [-0.1, -0.05) is 13.8 Å². The van der Waals surface area contributed by atoms with Crippen molar-refractivity contribution in [3.05, 3.63) is 29.0 Å². The minimum Gasteiger partial charge on any atom is -0.358 e. The fourth-order valence-electron chi connectivity index (χ4n) is 3.32. The van der Waals surface area contributed by atoms with Gasteiger partial charge in [0.25, 0.3) is 0 Å². The first kappa shape index (κ1) is 17.2. The molecule has 0 radical (unpaired) electrons. The maximum absolute atomic E-state index is 12.7. The third-order valence-electron chi connectivity index (χ3n) is 4.81. The molecule has 1 atom stereocenters. The van der Waals surface area contributed by atoms with Gasteiger partial charge in [-0.15, -0.1) is 0 Å². The Morgan fingerprint density at radius 2 is 2.00 bits per heavy atom. The highest BCUT2D eigenvalue weighted by atomic mass is 32.2. The lowest BCUT2D eigenvalue weighted by atomic mass is 9.94. The number of nitrogens with one attached hydrogen (secondary N) is 2. The molecule has 0 saturated carbocycles. The normalized spacial score (nSPS) is 16.4. The van der Waals surface area contributed by atoms with Gasteiger partial charge in [-0.2, -0.15) is 0 Å². The minimum absolute atomic E-state index is 0.117. The zero-order valence-corrected chi connectivity index (χ0v) is 15.2. The highest BCUT2D eigenvalue weighted by Gasteiger charge is 2.26. The van der Waals surface area contributed by atoms with Gasteiger partial charge in [0, 0.05) is 34.6 Å². The molecule has 24 heavy (non-hydrogen) atoms. The molecule has 5 nitrogen and oxygen atoms in total. The van der Waals surface area contributed by atoms with Crippen LogP contribution in [0.2, 0.25) is 0 Å².